The van der Waals surface area contributed by atoms with E-state index in [-0.39, 0.29) is 5.91 Å². The second kappa shape index (κ2) is 8.91. The number of imidazole rings is 1. The topological polar surface area (TPSA) is 109 Å². The number of hydrogen-bond donors (Lipinski definition) is 4. The molecule has 36 heavy (non-hydrogen) atoms. The van der Waals surface area contributed by atoms with E-state index in [1.54, 1.807) is 24.3 Å². The number of alkyl halides is 3. The summed E-state index contributed by atoms with van der Waals surface area (Å²) < 4.78 is 60.1. The molecule has 0 aliphatic carbocycles. The Morgan fingerprint density at radius 2 is 1.92 bits per heavy atom. The highest BCUT2D eigenvalue weighted by Gasteiger charge is 2.31. The van der Waals surface area contributed by atoms with E-state index in [1.807, 2.05) is 4.57 Å². The standard InChI is InChI=1S/C23H18F4N6O3/c24-15-6-1-12(23(25,26)27)11-17(15)30-22(35)28-13-2-4-14(5-3-13)36-19-8-7-16-20(32-19)33-10-9-18(34)31-21(33)29-16/h1-8,11,19,32H,9-10H2,(H2,28,30,35)(H,29,31,34). The van der Waals surface area contributed by atoms with Crippen molar-refractivity contribution in [3.8, 4) is 5.75 Å². The van der Waals surface area contributed by atoms with Gasteiger partial charge in [-0.25, -0.2) is 14.2 Å². The summed E-state index contributed by atoms with van der Waals surface area (Å²) in [5.41, 5.74) is -0.699. The monoisotopic (exact) mass is 502 g/mol. The summed E-state index contributed by atoms with van der Waals surface area (Å²) in [4.78, 5) is 28.1. The van der Waals surface area contributed by atoms with E-state index < -0.39 is 35.5 Å². The molecule has 0 saturated carbocycles. The maximum absolute atomic E-state index is 13.9. The van der Waals surface area contributed by atoms with Crippen molar-refractivity contribution in [3.05, 3.63) is 65.6 Å². The summed E-state index contributed by atoms with van der Waals surface area (Å²) in [5, 5.41) is 10.4. The van der Waals surface area contributed by atoms with Crippen LogP contribution in [0.25, 0.3) is 6.08 Å². The summed E-state index contributed by atoms with van der Waals surface area (Å²) in [6.07, 6.45) is -1.32. The number of halogens is 4. The van der Waals surface area contributed by atoms with Crippen LogP contribution in [0.5, 0.6) is 5.75 Å². The molecule has 5 rings (SSSR count). The van der Waals surface area contributed by atoms with E-state index in [0.717, 1.165) is 0 Å². The van der Waals surface area contributed by atoms with E-state index in [4.69, 9.17) is 4.74 Å². The number of fused-ring (bicyclic) bond motifs is 3. The molecule has 0 bridgehead atoms. The molecule has 9 nitrogen and oxygen atoms in total. The third kappa shape index (κ3) is 4.80. The molecule has 13 heteroatoms. The summed E-state index contributed by atoms with van der Waals surface area (Å²) >= 11 is 0. The first kappa shape index (κ1) is 23.2. The third-order valence-corrected chi connectivity index (χ3v) is 5.43. The van der Waals surface area contributed by atoms with Crippen LogP contribution in [-0.2, 0) is 17.5 Å². The minimum atomic E-state index is -4.67. The lowest BCUT2D eigenvalue weighted by Crippen LogP contribution is -2.29. The van der Waals surface area contributed by atoms with Crippen LogP contribution in [0.3, 0.4) is 0 Å². The summed E-state index contributed by atoms with van der Waals surface area (Å²) in [5.74, 6) is 0.549. The minimum absolute atomic E-state index is 0.0935. The Balaban J connectivity index is 1.19. The van der Waals surface area contributed by atoms with Gasteiger partial charge in [-0.2, -0.15) is 13.2 Å². The second-order valence-corrected chi connectivity index (χ2v) is 7.96. The Kier molecular flexibility index (Phi) is 5.74. The van der Waals surface area contributed by atoms with Gasteiger partial charge in [0.2, 0.25) is 11.9 Å². The first-order valence-corrected chi connectivity index (χ1v) is 10.7. The maximum Gasteiger partial charge on any atom is 0.416 e. The Morgan fingerprint density at radius 3 is 2.67 bits per heavy atom. The smallest absolute Gasteiger partial charge is 0.416 e. The SMILES string of the molecule is O=C1CCn2c(nc3c2NC(Oc2ccc(NC(=O)Nc4cc(C(F)(F)F)ccc4F)cc2)C=C3)N1. The van der Waals surface area contributed by atoms with Gasteiger partial charge >= 0.3 is 12.2 Å². The van der Waals surface area contributed by atoms with Crippen LogP contribution in [0.4, 0.5) is 45.5 Å². The Morgan fingerprint density at radius 1 is 1.14 bits per heavy atom. The van der Waals surface area contributed by atoms with E-state index in [2.05, 4.69) is 26.3 Å². The van der Waals surface area contributed by atoms with Crippen LogP contribution in [-0.4, -0.2) is 27.7 Å². The number of nitrogens with zero attached hydrogens (tertiary/aromatic N) is 2. The zero-order valence-electron chi connectivity index (χ0n) is 18.3. The molecular weight excluding hydrogens is 484 g/mol. The Bertz CT molecular complexity index is 1370. The number of benzene rings is 2. The molecular formula is C23H18F4N6O3. The van der Waals surface area contributed by atoms with Gasteiger partial charge in [-0.1, -0.05) is 0 Å². The molecule has 1 atom stereocenters. The molecule has 2 aliphatic rings. The Labute approximate surface area is 201 Å². The van der Waals surface area contributed by atoms with E-state index in [0.29, 0.717) is 60.1 Å². The highest BCUT2D eigenvalue weighted by Crippen LogP contribution is 2.32. The number of amides is 3. The minimum Gasteiger partial charge on any atom is -0.467 e. The number of hydrogen-bond acceptors (Lipinski definition) is 5. The lowest BCUT2D eigenvalue weighted by Gasteiger charge is -2.24. The third-order valence-electron chi connectivity index (χ3n) is 5.43. The van der Waals surface area contributed by atoms with Crippen molar-refractivity contribution < 1.29 is 31.9 Å². The maximum atomic E-state index is 13.9. The number of nitrogens with one attached hydrogen (secondary N) is 4. The molecule has 3 heterocycles. The van der Waals surface area contributed by atoms with Gasteiger partial charge in [0.15, 0.2) is 6.23 Å². The fourth-order valence-corrected chi connectivity index (χ4v) is 3.73. The average molecular weight is 502 g/mol. The van der Waals surface area contributed by atoms with Crippen molar-refractivity contribution in [3.63, 3.8) is 0 Å². The number of aromatic nitrogens is 2. The number of urea groups is 1. The number of rotatable bonds is 4. The van der Waals surface area contributed by atoms with Crippen molar-refractivity contribution >= 4 is 41.2 Å². The molecule has 3 amide bonds. The number of carbonyl (C=O) groups is 2. The first-order chi connectivity index (χ1) is 17.2. The fraction of sp³-hybridized carbons (Fsp3) is 0.174. The predicted octanol–water partition coefficient (Wildman–Crippen LogP) is 4.87. The molecule has 2 aliphatic heterocycles. The predicted molar refractivity (Wildman–Crippen MR) is 123 cm³/mol. The van der Waals surface area contributed by atoms with E-state index in [1.165, 1.54) is 12.1 Å². The van der Waals surface area contributed by atoms with Crippen LogP contribution in [0.15, 0.2) is 48.5 Å². The van der Waals surface area contributed by atoms with Gasteiger partial charge in [0.1, 0.15) is 23.1 Å². The van der Waals surface area contributed by atoms with Crippen LogP contribution in [0, 0.1) is 5.82 Å². The molecule has 0 fully saturated rings. The van der Waals surface area contributed by atoms with Crippen molar-refractivity contribution in [2.45, 2.75) is 25.4 Å². The molecule has 0 radical (unpaired) electrons. The van der Waals surface area contributed by atoms with Crippen molar-refractivity contribution in [2.24, 2.45) is 0 Å². The number of ether oxygens (including phenoxy) is 1. The van der Waals surface area contributed by atoms with Gasteiger partial charge in [0.25, 0.3) is 0 Å². The lowest BCUT2D eigenvalue weighted by molar-refractivity contribution is -0.137. The van der Waals surface area contributed by atoms with Gasteiger partial charge in [-0.15, -0.1) is 0 Å². The summed E-state index contributed by atoms with van der Waals surface area (Å²) in [6.45, 7) is 0.490. The number of anilines is 4. The van der Waals surface area contributed by atoms with Crippen molar-refractivity contribution in [1.29, 1.82) is 0 Å². The van der Waals surface area contributed by atoms with Crippen molar-refractivity contribution in [1.82, 2.24) is 9.55 Å². The van der Waals surface area contributed by atoms with Gasteiger partial charge in [0, 0.05) is 18.7 Å². The van der Waals surface area contributed by atoms with Crippen molar-refractivity contribution in [2.75, 3.05) is 21.3 Å². The largest absolute Gasteiger partial charge is 0.467 e. The average Bonchev–Trinajstić information content (AvgIpc) is 3.18. The molecule has 2 aromatic carbocycles. The highest BCUT2D eigenvalue weighted by atomic mass is 19.4. The molecule has 0 saturated heterocycles. The molecule has 186 valence electrons. The van der Waals surface area contributed by atoms with Crippen LogP contribution in [0.1, 0.15) is 17.7 Å². The Hall–Kier alpha value is -4.55. The highest BCUT2D eigenvalue weighted by molar-refractivity contribution is 6.00. The fourth-order valence-electron chi connectivity index (χ4n) is 3.73. The van der Waals surface area contributed by atoms with Gasteiger partial charge < -0.3 is 20.7 Å². The van der Waals surface area contributed by atoms with Crippen LogP contribution >= 0.6 is 0 Å². The zero-order chi connectivity index (χ0) is 25.4. The molecule has 0 spiro atoms. The lowest BCUT2D eigenvalue weighted by atomic mass is 10.2. The second-order valence-electron chi connectivity index (χ2n) is 7.96. The summed E-state index contributed by atoms with van der Waals surface area (Å²) in [7, 11) is 0. The molecule has 1 unspecified atom stereocenters. The van der Waals surface area contributed by atoms with Crippen LogP contribution < -0.4 is 26.0 Å². The molecule has 1 aromatic heterocycles. The zero-order valence-corrected chi connectivity index (χ0v) is 18.3. The molecule has 3 aromatic rings. The number of carbonyl (C=O) groups excluding carboxylic acids is 2. The van der Waals surface area contributed by atoms with Gasteiger partial charge in [0.05, 0.1) is 11.3 Å². The van der Waals surface area contributed by atoms with Gasteiger partial charge in [-0.3, -0.25) is 14.7 Å². The first-order valence-electron chi connectivity index (χ1n) is 10.7. The van der Waals surface area contributed by atoms with Crippen LogP contribution in [0.2, 0.25) is 0 Å². The normalized spacial score (nSPS) is 16.3. The quantitative estimate of drug-likeness (QED) is 0.381. The van der Waals surface area contributed by atoms with E-state index in [9.17, 15) is 27.2 Å². The summed E-state index contributed by atoms with van der Waals surface area (Å²) in [6, 6.07) is 7.04. The van der Waals surface area contributed by atoms with Gasteiger partial charge in [-0.05, 0) is 54.6 Å². The molecule has 4 N–H and O–H groups in total. The van der Waals surface area contributed by atoms with E-state index >= 15 is 0 Å².